The molecule has 0 N–H and O–H groups in total. The van der Waals surface area contributed by atoms with Crippen LogP contribution >= 0.6 is 0 Å². The van der Waals surface area contributed by atoms with Gasteiger partial charge in [0, 0.05) is 12.0 Å². The maximum Gasteiger partial charge on any atom is 0.311 e. The summed E-state index contributed by atoms with van der Waals surface area (Å²) >= 11 is 0. The van der Waals surface area contributed by atoms with Gasteiger partial charge in [-0.3, -0.25) is 9.59 Å². The van der Waals surface area contributed by atoms with E-state index in [1.54, 1.807) is 7.11 Å². The molecule has 1 aromatic rings. The molecule has 0 heterocycles. The van der Waals surface area contributed by atoms with Gasteiger partial charge in [0.05, 0.1) is 19.6 Å². The lowest BCUT2D eigenvalue weighted by Gasteiger charge is -2.53. The molecule has 0 aromatic heterocycles. The van der Waals surface area contributed by atoms with Crippen molar-refractivity contribution in [3.8, 4) is 5.75 Å². The predicted octanol–water partition coefficient (Wildman–Crippen LogP) is 3.52. The van der Waals surface area contributed by atoms with E-state index in [9.17, 15) is 9.59 Å². The summed E-state index contributed by atoms with van der Waals surface area (Å²) in [6.45, 7) is 4.14. The van der Waals surface area contributed by atoms with E-state index >= 15 is 0 Å². The van der Waals surface area contributed by atoms with Crippen molar-refractivity contribution >= 4 is 11.8 Å². The Hall–Kier alpha value is -1.84. The first-order valence-corrected chi connectivity index (χ1v) is 8.17. The van der Waals surface area contributed by atoms with E-state index in [0.717, 1.165) is 36.1 Å². The summed E-state index contributed by atoms with van der Waals surface area (Å²) in [5, 5.41) is 0. The van der Waals surface area contributed by atoms with Crippen LogP contribution in [0, 0.1) is 11.3 Å². The number of benzene rings is 1. The molecule has 2 aliphatic carbocycles. The molecule has 0 spiro atoms. The smallest absolute Gasteiger partial charge is 0.311 e. The zero-order valence-electron chi connectivity index (χ0n) is 14.3. The minimum Gasteiger partial charge on any atom is -0.497 e. The SMILES string of the molecule is COC(=O)[C@]1(C)CCC[C@]2(C)c3cc(OC)ccc3C(=O)C[C@@H]12. The van der Waals surface area contributed by atoms with Crippen LogP contribution in [-0.2, 0) is 14.9 Å². The normalized spacial score (nSPS) is 32.7. The molecular weight excluding hydrogens is 292 g/mol. The van der Waals surface area contributed by atoms with Crippen molar-refractivity contribution in [2.24, 2.45) is 11.3 Å². The summed E-state index contributed by atoms with van der Waals surface area (Å²) < 4.78 is 10.4. The molecule has 4 nitrogen and oxygen atoms in total. The van der Waals surface area contributed by atoms with E-state index in [-0.39, 0.29) is 23.1 Å². The van der Waals surface area contributed by atoms with E-state index in [1.807, 2.05) is 25.1 Å². The molecule has 3 atom stereocenters. The van der Waals surface area contributed by atoms with Crippen LogP contribution in [0.3, 0.4) is 0 Å². The van der Waals surface area contributed by atoms with E-state index < -0.39 is 5.41 Å². The van der Waals surface area contributed by atoms with Crippen LogP contribution in [-0.4, -0.2) is 26.0 Å². The van der Waals surface area contributed by atoms with Gasteiger partial charge in [-0.05, 0) is 54.9 Å². The van der Waals surface area contributed by atoms with Gasteiger partial charge in [0.25, 0.3) is 0 Å². The fraction of sp³-hybridized carbons (Fsp3) is 0.579. The maximum absolute atomic E-state index is 12.7. The van der Waals surface area contributed by atoms with Gasteiger partial charge in [-0.15, -0.1) is 0 Å². The monoisotopic (exact) mass is 316 g/mol. The van der Waals surface area contributed by atoms with E-state index in [0.29, 0.717) is 6.42 Å². The number of methoxy groups -OCH3 is 2. The van der Waals surface area contributed by atoms with Crippen molar-refractivity contribution in [1.29, 1.82) is 0 Å². The van der Waals surface area contributed by atoms with Crippen molar-refractivity contribution in [3.63, 3.8) is 0 Å². The molecule has 3 rings (SSSR count). The summed E-state index contributed by atoms with van der Waals surface area (Å²) in [7, 11) is 3.06. The number of ketones is 1. The summed E-state index contributed by atoms with van der Waals surface area (Å²) in [5.74, 6) is 0.627. The Morgan fingerprint density at radius 3 is 2.61 bits per heavy atom. The van der Waals surface area contributed by atoms with Crippen LogP contribution in [0.1, 0.15) is 55.5 Å². The molecule has 124 valence electrons. The lowest BCUT2D eigenvalue weighted by atomic mass is 9.49. The fourth-order valence-corrected chi connectivity index (χ4v) is 4.79. The molecule has 0 amide bonds. The quantitative estimate of drug-likeness (QED) is 0.783. The highest BCUT2D eigenvalue weighted by molar-refractivity contribution is 6.00. The van der Waals surface area contributed by atoms with Crippen LogP contribution in [0.25, 0.3) is 0 Å². The standard InChI is InChI=1S/C19H24O4/c1-18-8-5-9-19(2,17(21)23-4)16(18)11-15(20)13-7-6-12(22-3)10-14(13)18/h6-7,10,16H,5,8-9,11H2,1-4H3/t16-,18-,19-/m1/s1. The second-order valence-electron chi connectivity index (χ2n) is 7.27. The minimum atomic E-state index is -0.613. The first-order valence-electron chi connectivity index (χ1n) is 8.17. The van der Waals surface area contributed by atoms with Gasteiger partial charge in [-0.2, -0.15) is 0 Å². The maximum atomic E-state index is 12.7. The number of carbonyl (C=O) groups excluding carboxylic acids is 2. The molecule has 1 saturated carbocycles. The number of Topliss-reactive ketones (excluding diaryl/α,β-unsaturated/α-hetero) is 1. The molecule has 2 aliphatic rings. The Kier molecular flexibility index (Phi) is 3.74. The highest BCUT2D eigenvalue weighted by atomic mass is 16.5. The molecule has 1 fully saturated rings. The Morgan fingerprint density at radius 2 is 1.96 bits per heavy atom. The number of hydrogen-bond donors (Lipinski definition) is 0. The Bertz CT molecular complexity index is 665. The highest BCUT2D eigenvalue weighted by Crippen LogP contribution is 2.57. The van der Waals surface area contributed by atoms with Crippen LogP contribution in [0.2, 0.25) is 0 Å². The Morgan fingerprint density at radius 1 is 1.22 bits per heavy atom. The highest BCUT2D eigenvalue weighted by Gasteiger charge is 2.57. The second kappa shape index (κ2) is 5.36. The van der Waals surface area contributed by atoms with E-state index in [1.165, 1.54) is 7.11 Å². The number of esters is 1. The minimum absolute atomic E-state index is 0.0386. The largest absolute Gasteiger partial charge is 0.497 e. The first kappa shape index (κ1) is 16.0. The zero-order valence-corrected chi connectivity index (χ0v) is 14.3. The third-order valence-corrected chi connectivity index (χ3v) is 6.11. The summed E-state index contributed by atoms with van der Waals surface area (Å²) in [6.07, 6.45) is 3.09. The van der Waals surface area contributed by atoms with Gasteiger partial charge in [0.2, 0.25) is 0 Å². The lowest BCUT2D eigenvalue weighted by molar-refractivity contribution is -0.160. The molecule has 0 unspecified atom stereocenters. The molecule has 0 bridgehead atoms. The van der Waals surface area contributed by atoms with Gasteiger partial charge < -0.3 is 9.47 Å². The fourth-order valence-electron chi connectivity index (χ4n) is 4.79. The second-order valence-corrected chi connectivity index (χ2v) is 7.27. The first-order chi connectivity index (χ1) is 10.9. The molecular formula is C19H24O4. The van der Waals surface area contributed by atoms with Crippen LogP contribution in [0.5, 0.6) is 5.75 Å². The average Bonchev–Trinajstić information content (AvgIpc) is 2.56. The van der Waals surface area contributed by atoms with Crippen LogP contribution < -0.4 is 4.74 Å². The van der Waals surface area contributed by atoms with E-state index in [4.69, 9.17) is 9.47 Å². The van der Waals surface area contributed by atoms with Gasteiger partial charge in [0.1, 0.15) is 5.75 Å². The Balaban J connectivity index is 2.17. The summed E-state index contributed by atoms with van der Waals surface area (Å²) in [5.41, 5.74) is 0.976. The molecule has 1 aromatic carbocycles. The third-order valence-electron chi connectivity index (χ3n) is 6.11. The Labute approximate surface area is 137 Å². The number of ether oxygens (including phenoxy) is 2. The number of hydrogen-bond acceptors (Lipinski definition) is 4. The topological polar surface area (TPSA) is 52.6 Å². The molecule has 0 radical (unpaired) electrons. The van der Waals surface area contributed by atoms with Gasteiger partial charge in [-0.25, -0.2) is 0 Å². The lowest BCUT2D eigenvalue weighted by Crippen LogP contribution is -2.53. The molecule has 0 aliphatic heterocycles. The molecule has 0 saturated heterocycles. The third kappa shape index (κ3) is 2.19. The van der Waals surface area contributed by atoms with Gasteiger partial charge >= 0.3 is 5.97 Å². The van der Waals surface area contributed by atoms with Crippen LogP contribution in [0.4, 0.5) is 0 Å². The molecule has 4 heteroatoms. The average molecular weight is 316 g/mol. The number of carbonyl (C=O) groups is 2. The van der Waals surface area contributed by atoms with Crippen molar-refractivity contribution in [2.45, 2.75) is 44.9 Å². The number of fused-ring (bicyclic) bond motifs is 3. The predicted molar refractivity (Wildman–Crippen MR) is 86.8 cm³/mol. The molecule has 23 heavy (non-hydrogen) atoms. The van der Waals surface area contributed by atoms with Crippen molar-refractivity contribution < 1.29 is 19.1 Å². The van der Waals surface area contributed by atoms with Crippen LogP contribution in [0.15, 0.2) is 18.2 Å². The van der Waals surface area contributed by atoms with Crippen molar-refractivity contribution in [2.75, 3.05) is 14.2 Å². The van der Waals surface area contributed by atoms with Crippen molar-refractivity contribution in [1.82, 2.24) is 0 Å². The summed E-state index contributed by atoms with van der Waals surface area (Å²) in [4.78, 5) is 25.2. The number of rotatable bonds is 2. The van der Waals surface area contributed by atoms with E-state index in [2.05, 4.69) is 6.92 Å². The zero-order chi connectivity index (χ0) is 16.8. The van der Waals surface area contributed by atoms with Crippen molar-refractivity contribution in [3.05, 3.63) is 29.3 Å². The van der Waals surface area contributed by atoms with Gasteiger partial charge in [0.15, 0.2) is 5.78 Å². The van der Waals surface area contributed by atoms with Gasteiger partial charge in [-0.1, -0.05) is 13.3 Å². The summed E-state index contributed by atoms with van der Waals surface area (Å²) in [6, 6.07) is 5.67.